The number of nitrogens with zero attached hydrogens (tertiary/aromatic N) is 2. The highest BCUT2D eigenvalue weighted by molar-refractivity contribution is 8.03. The maximum Gasteiger partial charge on any atom is 0.175 e. The Balaban J connectivity index is 2.04. The van der Waals surface area contributed by atoms with Gasteiger partial charge >= 0.3 is 0 Å². The topological polar surface area (TPSA) is 37.8 Å². The van der Waals surface area contributed by atoms with E-state index in [9.17, 15) is 0 Å². The first kappa shape index (κ1) is 14.6. The van der Waals surface area contributed by atoms with Crippen molar-refractivity contribution in [3.63, 3.8) is 0 Å². The SMILES string of the molecule is CNC1CCC(C)(C)CC1Sc1nnc(SC)s1. The fourth-order valence-corrected chi connectivity index (χ4v) is 5.71. The molecular weight excluding hydrogens is 282 g/mol. The Labute approximate surface area is 122 Å². The highest BCUT2D eigenvalue weighted by Crippen LogP contribution is 2.43. The lowest BCUT2D eigenvalue weighted by Crippen LogP contribution is -2.43. The van der Waals surface area contributed by atoms with Crippen molar-refractivity contribution in [1.29, 1.82) is 0 Å². The molecule has 3 nitrogen and oxygen atoms in total. The summed E-state index contributed by atoms with van der Waals surface area (Å²) in [6.07, 6.45) is 5.86. The van der Waals surface area contributed by atoms with Crippen LogP contribution in [0, 0.1) is 5.41 Å². The Morgan fingerprint density at radius 2 is 2.06 bits per heavy atom. The van der Waals surface area contributed by atoms with E-state index in [0.29, 0.717) is 16.7 Å². The van der Waals surface area contributed by atoms with Gasteiger partial charge in [0.25, 0.3) is 0 Å². The molecule has 2 rings (SSSR count). The third-order valence-corrected chi connectivity index (χ3v) is 6.83. The fourth-order valence-electron chi connectivity index (χ4n) is 2.43. The molecule has 0 amide bonds. The van der Waals surface area contributed by atoms with Crippen molar-refractivity contribution >= 4 is 34.9 Å². The van der Waals surface area contributed by atoms with Crippen LogP contribution in [0.3, 0.4) is 0 Å². The molecule has 1 fully saturated rings. The molecule has 102 valence electrons. The van der Waals surface area contributed by atoms with Crippen LogP contribution >= 0.6 is 34.9 Å². The van der Waals surface area contributed by atoms with E-state index in [2.05, 4.69) is 42.7 Å². The summed E-state index contributed by atoms with van der Waals surface area (Å²) in [4.78, 5) is 0. The Bertz CT molecular complexity index is 392. The second kappa shape index (κ2) is 6.11. The molecule has 1 heterocycles. The summed E-state index contributed by atoms with van der Waals surface area (Å²) in [6, 6.07) is 0.602. The molecule has 1 saturated carbocycles. The van der Waals surface area contributed by atoms with Gasteiger partial charge in [0.1, 0.15) is 0 Å². The molecule has 1 aliphatic rings. The quantitative estimate of drug-likeness (QED) is 0.862. The van der Waals surface area contributed by atoms with E-state index in [4.69, 9.17) is 0 Å². The molecule has 6 heteroatoms. The van der Waals surface area contributed by atoms with Gasteiger partial charge in [0.2, 0.25) is 0 Å². The van der Waals surface area contributed by atoms with Crippen molar-refractivity contribution in [2.45, 2.75) is 53.1 Å². The first-order chi connectivity index (χ1) is 8.54. The lowest BCUT2D eigenvalue weighted by atomic mass is 9.75. The standard InChI is InChI=1S/C12H21N3S3/c1-12(2)6-5-8(13-3)9(7-12)17-11-15-14-10(16-4)18-11/h8-9,13H,5-7H2,1-4H3. The number of rotatable bonds is 4. The molecule has 0 radical (unpaired) electrons. The van der Waals surface area contributed by atoms with Gasteiger partial charge in [-0.05, 0) is 38.0 Å². The molecule has 1 N–H and O–H groups in total. The molecule has 2 atom stereocenters. The Hall–Kier alpha value is 0.220. The minimum absolute atomic E-state index is 0.456. The summed E-state index contributed by atoms with van der Waals surface area (Å²) in [7, 11) is 2.07. The maximum absolute atomic E-state index is 4.28. The second-order valence-corrected chi connectivity index (χ2v) is 9.01. The van der Waals surface area contributed by atoms with Crippen molar-refractivity contribution in [3.8, 4) is 0 Å². The largest absolute Gasteiger partial charge is 0.316 e. The zero-order valence-corrected chi connectivity index (χ0v) is 13.8. The number of aromatic nitrogens is 2. The van der Waals surface area contributed by atoms with E-state index in [1.807, 2.05) is 11.8 Å². The molecule has 1 aromatic heterocycles. The van der Waals surface area contributed by atoms with E-state index < -0.39 is 0 Å². The summed E-state index contributed by atoms with van der Waals surface area (Å²) in [6.45, 7) is 4.75. The molecular formula is C12H21N3S3. The zero-order chi connectivity index (χ0) is 13.2. The second-order valence-electron chi connectivity index (χ2n) is 5.50. The van der Waals surface area contributed by atoms with E-state index in [0.717, 1.165) is 8.68 Å². The van der Waals surface area contributed by atoms with Crippen molar-refractivity contribution in [1.82, 2.24) is 15.5 Å². The minimum Gasteiger partial charge on any atom is -0.316 e. The lowest BCUT2D eigenvalue weighted by Gasteiger charge is -2.39. The number of nitrogens with one attached hydrogen (secondary N) is 1. The van der Waals surface area contributed by atoms with E-state index in [-0.39, 0.29) is 0 Å². The molecule has 0 aliphatic heterocycles. The third-order valence-electron chi connectivity index (χ3n) is 3.52. The van der Waals surface area contributed by atoms with Gasteiger partial charge in [-0.1, -0.05) is 48.7 Å². The predicted molar refractivity (Wildman–Crippen MR) is 81.8 cm³/mol. The van der Waals surface area contributed by atoms with Crippen LogP contribution in [0.5, 0.6) is 0 Å². The van der Waals surface area contributed by atoms with Crippen LogP contribution in [0.15, 0.2) is 8.68 Å². The van der Waals surface area contributed by atoms with Crippen LogP contribution in [0.4, 0.5) is 0 Å². The van der Waals surface area contributed by atoms with Crippen LogP contribution in [0.25, 0.3) is 0 Å². The van der Waals surface area contributed by atoms with Crippen LogP contribution in [0.2, 0.25) is 0 Å². The highest BCUT2D eigenvalue weighted by Gasteiger charge is 2.35. The predicted octanol–water partition coefficient (Wildman–Crippen LogP) is 3.52. The molecule has 1 aliphatic carbocycles. The van der Waals surface area contributed by atoms with Crippen molar-refractivity contribution < 1.29 is 0 Å². The molecule has 0 saturated heterocycles. The van der Waals surface area contributed by atoms with Gasteiger partial charge in [0, 0.05) is 11.3 Å². The Morgan fingerprint density at radius 3 is 2.67 bits per heavy atom. The highest BCUT2D eigenvalue weighted by atomic mass is 32.2. The molecule has 2 unspecified atom stereocenters. The summed E-state index contributed by atoms with van der Waals surface area (Å²) < 4.78 is 2.18. The van der Waals surface area contributed by atoms with E-state index in [1.54, 1.807) is 23.1 Å². The molecule has 18 heavy (non-hydrogen) atoms. The van der Waals surface area contributed by atoms with Gasteiger partial charge in [0.15, 0.2) is 8.68 Å². The monoisotopic (exact) mass is 303 g/mol. The van der Waals surface area contributed by atoms with Crippen molar-refractivity contribution in [2.24, 2.45) is 5.41 Å². The fraction of sp³-hybridized carbons (Fsp3) is 0.833. The first-order valence-electron chi connectivity index (χ1n) is 6.25. The van der Waals surface area contributed by atoms with Crippen LogP contribution in [0.1, 0.15) is 33.1 Å². The van der Waals surface area contributed by atoms with Gasteiger partial charge in [-0.3, -0.25) is 0 Å². The van der Waals surface area contributed by atoms with E-state index in [1.165, 1.54) is 19.3 Å². The van der Waals surface area contributed by atoms with Crippen molar-refractivity contribution in [2.75, 3.05) is 13.3 Å². The van der Waals surface area contributed by atoms with Crippen LogP contribution < -0.4 is 5.32 Å². The minimum atomic E-state index is 0.456. The molecule has 1 aromatic rings. The lowest BCUT2D eigenvalue weighted by molar-refractivity contribution is 0.218. The van der Waals surface area contributed by atoms with Crippen molar-refractivity contribution in [3.05, 3.63) is 0 Å². The number of hydrogen-bond acceptors (Lipinski definition) is 6. The maximum atomic E-state index is 4.28. The van der Waals surface area contributed by atoms with Crippen LogP contribution in [-0.2, 0) is 0 Å². The smallest absolute Gasteiger partial charge is 0.175 e. The average molecular weight is 304 g/mol. The Morgan fingerprint density at radius 1 is 1.33 bits per heavy atom. The average Bonchev–Trinajstić information content (AvgIpc) is 2.76. The Kier molecular flexibility index (Phi) is 4.97. The molecule has 0 bridgehead atoms. The zero-order valence-electron chi connectivity index (χ0n) is 11.4. The van der Waals surface area contributed by atoms with Gasteiger partial charge in [-0.2, -0.15) is 0 Å². The van der Waals surface area contributed by atoms with Gasteiger partial charge in [-0.15, -0.1) is 10.2 Å². The normalized spacial score (nSPS) is 27.3. The summed E-state index contributed by atoms with van der Waals surface area (Å²) in [5, 5.41) is 12.5. The molecule has 0 spiro atoms. The van der Waals surface area contributed by atoms with Gasteiger partial charge in [-0.25, -0.2) is 0 Å². The van der Waals surface area contributed by atoms with Crippen LogP contribution in [-0.4, -0.2) is 34.8 Å². The third kappa shape index (κ3) is 3.62. The number of thioether (sulfide) groups is 2. The summed E-state index contributed by atoms with van der Waals surface area (Å²) in [5.41, 5.74) is 0.456. The first-order valence-corrected chi connectivity index (χ1v) is 9.17. The van der Waals surface area contributed by atoms with Gasteiger partial charge < -0.3 is 5.32 Å². The summed E-state index contributed by atoms with van der Waals surface area (Å²) in [5.74, 6) is 0. The van der Waals surface area contributed by atoms with E-state index >= 15 is 0 Å². The summed E-state index contributed by atoms with van der Waals surface area (Å²) >= 11 is 5.29. The van der Waals surface area contributed by atoms with Gasteiger partial charge in [0.05, 0.1) is 0 Å². The number of hydrogen-bond donors (Lipinski definition) is 1. The molecule has 0 aromatic carbocycles.